The van der Waals surface area contributed by atoms with E-state index in [-0.39, 0.29) is 27.9 Å². The summed E-state index contributed by atoms with van der Waals surface area (Å²) in [6.45, 7) is 0.117. The van der Waals surface area contributed by atoms with E-state index in [9.17, 15) is 35.1 Å². The van der Waals surface area contributed by atoms with E-state index in [0.717, 1.165) is 24.5 Å². The lowest BCUT2D eigenvalue weighted by Gasteiger charge is -2.19. The van der Waals surface area contributed by atoms with Crippen LogP contribution in [0.4, 0.5) is 35.1 Å². The molecule has 0 atom stereocenters. The molecule has 4 aromatic rings. The van der Waals surface area contributed by atoms with Gasteiger partial charge in [0.1, 0.15) is 22.9 Å². The van der Waals surface area contributed by atoms with Gasteiger partial charge < -0.3 is 0 Å². The molecule has 14 heteroatoms. The molecule has 0 bridgehead atoms. The van der Waals surface area contributed by atoms with E-state index in [1.165, 1.54) is 28.4 Å². The van der Waals surface area contributed by atoms with E-state index < -0.39 is 30.4 Å². The minimum atomic E-state index is -5.74. The molecule has 0 aliphatic carbocycles. The first-order valence-corrected chi connectivity index (χ1v) is 10.3. The van der Waals surface area contributed by atoms with E-state index in [0.29, 0.717) is 15.5 Å². The molecule has 176 valence electrons. The fraction of sp³-hybridized carbons (Fsp3) is 0.316. The van der Waals surface area contributed by atoms with Gasteiger partial charge in [-0.1, -0.05) is 6.92 Å². The van der Waals surface area contributed by atoms with Gasteiger partial charge in [-0.05, 0) is 24.0 Å². The van der Waals surface area contributed by atoms with Gasteiger partial charge in [-0.2, -0.15) is 40.2 Å². The predicted molar refractivity (Wildman–Crippen MR) is 104 cm³/mol. The minimum Gasteiger partial charge on any atom is -0.294 e. The summed E-state index contributed by atoms with van der Waals surface area (Å²) >= 11 is 1.30. The van der Waals surface area contributed by atoms with Gasteiger partial charge in [-0.25, -0.2) is 4.98 Å². The maximum absolute atomic E-state index is 13.4. The molecule has 0 aromatic carbocycles. The molecule has 0 unspecified atom stereocenters. The monoisotopic (exact) mass is 495 g/mol. The zero-order valence-electron chi connectivity index (χ0n) is 16.5. The molecular formula is C19H13F8N5S. The summed E-state index contributed by atoms with van der Waals surface area (Å²) in [4.78, 5) is 8.38. The van der Waals surface area contributed by atoms with Crippen LogP contribution in [-0.4, -0.2) is 42.0 Å². The summed E-state index contributed by atoms with van der Waals surface area (Å²) in [6, 6.07) is 3.19. The van der Waals surface area contributed by atoms with Crippen molar-refractivity contribution in [1.29, 1.82) is 0 Å². The van der Waals surface area contributed by atoms with Crippen LogP contribution in [0, 0.1) is 0 Å². The number of hydrogen-bond acceptors (Lipinski definition) is 4. The number of nitrogens with zero attached hydrogens (tertiary/aromatic N) is 5. The maximum atomic E-state index is 13.4. The molecule has 0 aliphatic rings. The number of halogens is 8. The van der Waals surface area contributed by atoms with Crippen LogP contribution in [0.5, 0.6) is 0 Å². The number of alkyl halides is 8. The Balaban J connectivity index is 1.78. The Labute approximate surface area is 184 Å². The van der Waals surface area contributed by atoms with Gasteiger partial charge >= 0.3 is 18.3 Å². The van der Waals surface area contributed by atoms with Gasteiger partial charge in [0.25, 0.3) is 0 Å². The molecule has 0 fully saturated rings. The summed E-state index contributed by atoms with van der Waals surface area (Å²) in [6.07, 6.45) is -6.87. The highest BCUT2D eigenvalue weighted by molar-refractivity contribution is 7.99. The van der Waals surface area contributed by atoms with Crippen molar-refractivity contribution in [1.82, 2.24) is 24.1 Å². The SMILES string of the molecule is CCSc1c(-c2cc3cnn(CC(F)(F)C(F)(F)F)c3cn2)nc2cc(C(F)(F)F)ccn12. The fourth-order valence-corrected chi connectivity index (χ4v) is 4.00. The van der Waals surface area contributed by atoms with Crippen LogP contribution >= 0.6 is 11.8 Å². The lowest BCUT2D eigenvalue weighted by Crippen LogP contribution is -2.40. The third-order valence-electron chi connectivity index (χ3n) is 4.72. The molecule has 0 amide bonds. The van der Waals surface area contributed by atoms with E-state index >= 15 is 0 Å². The Bertz CT molecular complexity index is 1320. The van der Waals surface area contributed by atoms with E-state index in [4.69, 9.17) is 0 Å². The number of thioether (sulfide) groups is 1. The zero-order chi connectivity index (χ0) is 24.2. The van der Waals surface area contributed by atoms with Crippen molar-refractivity contribution < 1.29 is 35.1 Å². The first kappa shape index (κ1) is 23.3. The summed E-state index contributed by atoms with van der Waals surface area (Å²) < 4.78 is 106. The standard InChI is InChI=1S/C19H13F8N5S/c1-2-33-16-15(30-14-6-11(18(22,23)24)3-4-31(14)16)12-5-10-7-29-32(13(10)8-28-12)9-17(20,21)19(25,26)27/h3-8H,2,9H2,1H3. The van der Waals surface area contributed by atoms with Gasteiger partial charge in [0.15, 0.2) is 0 Å². The van der Waals surface area contributed by atoms with Crippen molar-refractivity contribution in [2.75, 3.05) is 5.75 Å². The molecule has 0 aliphatic heterocycles. The lowest BCUT2D eigenvalue weighted by molar-refractivity contribution is -0.287. The summed E-state index contributed by atoms with van der Waals surface area (Å²) in [5.41, 5.74) is -0.460. The van der Waals surface area contributed by atoms with Crippen molar-refractivity contribution >= 4 is 28.3 Å². The van der Waals surface area contributed by atoms with Crippen LogP contribution in [0.1, 0.15) is 12.5 Å². The summed E-state index contributed by atoms with van der Waals surface area (Å²) in [5, 5.41) is 4.33. The summed E-state index contributed by atoms with van der Waals surface area (Å²) in [5.74, 6) is -4.43. The second-order valence-corrected chi connectivity index (χ2v) is 8.23. The molecule has 0 saturated carbocycles. The molecule has 0 radical (unpaired) electrons. The van der Waals surface area contributed by atoms with Crippen LogP contribution in [0.2, 0.25) is 0 Å². The predicted octanol–water partition coefficient (Wildman–Crippen LogP) is 6.07. The molecule has 0 N–H and O–H groups in total. The Hall–Kier alpha value is -2.90. The van der Waals surface area contributed by atoms with Crippen LogP contribution in [0.15, 0.2) is 41.8 Å². The Morgan fingerprint density at radius 3 is 2.36 bits per heavy atom. The van der Waals surface area contributed by atoms with Crippen molar-refractivity contribution in [3.05, 3.63) is 42.4 Å². The number of hydrogen-bond donors (Lipinski definition) is 0. The number of rotatable bonds is 5. The first-order chi connectivity index (χ1) is 15.3. The molecule has 0 spiro atoms. The molecule has 0 saturated heterocycles. The second-order valence-electron chi connectivity index (χ2n) is 6.97. The third-order valence-corrected chi connectivity index (χ3v) is 5.68. The second kappa shape index (κ2) is 7.85. The number of fused-ring (bicyclic) bond motifs is 2. The number of pyridine rings is 2. The average molecular weight is 495 g/mol. The zero-order valence-corrected chi connectivity index (χ0v) is 17.4. The quantitative estimate of drug-likeness (QED) is 0.249. The van der Waals surface area contributed by atoms with Gasteiger partial charge in [0.2, 0.25) is 0 Å². The van der Waals surface area contributed by atoms with Crippen LogP contribution in [0.3, 0.4) is 0 Å². The molecule has 5 nitrogen and oxygen atoms in total. The lowest BCUT2D eigenvalue weighted by atomic mass is 10.2. The molecule has 4 rings (SSSR count). The van der Waals surface area contributed by atoms with E-state index in [1.807, 2.05) is 6.92 Å². The van der Waals surface area contributed by atoms with Gasteiger partial charge in [-0.3, -0.25) is 14.1 Å². The van der Waals surface area contributed by atoms with Gasteiger partial charge in [0, 0.05) is 11.6 Å². The maximum Gasteiger partial charge on any atom is 0.455 e. The average Bonchev–Trinajstić information content (AvgIpc) is 3.27. The largest absolute Gasteiger partial charge is 0.455 e. The highest BCUT2D eigenvalue weighted by atomic mass is 32.2. The normalized spacial score (nSPS) is 13.4. The van der Waals surface area contributed by atoms with E-state index in [1.54, 1.807) is 0 Å². The first-order valence-electron chi connectivity index (χ1n) is 9.30. The molecule has 33 heavy (non-hydrogen) atoms. The van der Waals surface area contributed by atoms with Gasteiger partial charge in [-0.15, -0.1) is 11.8 Å². The smallest absolute Gasteiger partial charge is 0.294 e. The topological polar surface area (TPSA) is 48.0 Å². The fourth-order valence-electron chi connectivity index (χ4n) is 3.15. The van der Waals surface area contributed by atoms with Crippen molar-refractivity contribution in [3.63, 3.8) is 0 Å². The van der Waals surface area contributed by atoms with Crippen molar-refractivity contribution in [2.24, 2.45) is 0 Å². The summed E-state index contributed by atoms with van der Waals surface area (Å²) in [7, 11) is 0. The number of imidazole rings is 1. The Kier molecular flexibility index (Phi) is 5.53. The Morgan fingerprint density at radius 1 is 1.00 bits per heavy atom. The highest BCUT2D eigenvalue weighted by Gasteiger charge is 2.57. The third kappa shape index (κ3) is 4.23. The highest BCUT2D eigenvalue weighted by Crippen LogP contribution is 2.38. The van der Waals surface area contributed by atoms with E-state index in [2.05, 4.69) is 15.1 Å². The van der Waals surface area contributed by atoms with Gasteiger partial charge in [0.05, 0.1) is 29.2 Å². The van der Waals surface area contributed by atoms with Crippen molar-refractivity contribution in [3.8, 4) is 11.4 Å². The Morgan fingerprint density at radius 2 is 1.73 bits per heavy atom. The van der Waals surface area contributed by atoms with Crippen molar-refractivity contribution in [2.45, 2.75) is 36.8 Å². The molecular weight excluding hydrogens is 482 g/mol. The molecule has 4 heterocycles. The molecule has 4 aromatic heterocycles. The number of aromatic nitrogens is 5. The minimum absolute atomic E-state index is 0.0261. The van der Waals surface area contributed by atoms with Crippen LogP contribution in [-0.2, 0) is 12.7 Å². The van der Waals surface area contributed by atoms with Crippen LogP contribution in [0.25, 0.3) is 27.9 Å². The van der Waals surface area contributed by atoms with Crippen LogP contribution < -0.4 is 0 Å².